The molecule has 0 aliphatic carbocycles. The summed E-state index contributed by atoms with van der Waals surface area (Å²) in [5.41, 5.74) is 2.63. The van der Waals surface area contributed by atoms with Gasteiger partial charge in [-0.15, -0.1) is 0 Å². The molecule has 0 aliphatic rings. The Morgan fingerprint density at radius 3 is 2.89 bits per heavy atom. The van der Waals surface area contributed by atoms with Crippen molar-refractivity contribution in [3.63, 3.8) is 0 Å². The summed E-state index contributed by atoms with van der Waals surface area (Å²) >= 11 is 0. The van der Waals surface area contributed by atoms with Gasteiger partial charge in [-0.2, -0.15) is 5.10 Å². The first kappa shape index (κ1) is 12.9. The van der Waals surface area contributed by atoms with Crippen molar-refractivity contribution in [2.24, 2.45) is 7.05 Å². The van der Waals surface area contributed by atoms with E-state index in [-0.39, 0.29) is 0 Å². The zero-order chi connectivity index (χ0) is 12.8. The maximum Gasteiger partial charge on any atom is 0.0492 e. The smallest absolute Gasteiger partial charge is 0.0492 e. The van der Waals surface area contributed by atoms with Crippen LogP contribution in [0.2, 0.25) is 0 Å². The Balaban J connectivity index is 1.89. The van der Waals surface area contributed by atoms with E-state index in [1.807, 2.05) is 17.9 Å². The summed E-state index contributed by atoms with van der Waals surface area (Å²) in [6.07, 6.45) is 6.20. The van der Waals surface area contributed by atoms with E-state index in [4.69, 9.17) is 0 Å². The minimum Gasteiger partial charge on any atom is -0.350 e. The average molecular weight is 246 g/mol. The molecule has 98 valence electrons. The van der Waals surface area contributed by atoms with E-state index in [1.54, 1.807) is 0 Å². The quantitative estimate of drug-likeness (QED) is 0.758. The van der Waals surface area contributed by atoms with Crippen molar-refractivity contribution in [1.82, 2.24) is 19.7 Å². The number of aryl methyl sites for hydroxylation is 3. The Morgan fingerprint density at radius 2 is 2.17 bits per heavy atom. The molecule has 18 heavy (non-hydrogen) atoms. The molecule has 0 amide bonds. The molecule has 0 fully saturated rings. The zero-order valence-corrected chi connectivity index (χ0v) is 11.3. The van der Waals surface area contributed by atoms with Crippen LogP contribution in [0.15, 0.2) is 30.6 Å². The summed E-state index contributed by atoms with van der Waals surface area (Å²) in [6.45, 7) is 5.23. The van der Waals surface area contributed by atoms with Gasteiger partial charge in [-0.25, -0.2) is 0 Å². The molecule has 1 N–H and O–H groups in total. The van der Waals surface area contributed by atoms with Gasteiger partial charge in [0.25, 0.3) is 0 Å². The molecule has 2 rings (SSSR count). The predicted octanol–water partition coefficient (Wildman–Crippen LogP) is 1.96. The van der Waals surface area contributed by atoms with Crippen LogP contribution in [0.1, 0.15) is 24.7 Å². The normalized spacial score (nSPS) is 11.0. The minimum atomic E-state index is 0.951. The highest BCUT2D eigenvalue weighted by Gasteiger charge is 2.02. The van der Waals surface area contributed by atoms with E-state index in [0.29, 0.717) is 0 Å². The Labute approximate surface area is 109 Å². The van der Waals surface area contributed by atoms with Crippen molar-refractivity contribution in [2.75, 3.05) is 6.54 Å². The SMILES string of the molecule is CCCNCc1cccn1CCc1ccnn1C. The third-order valence-corrected chi connectivity index (χ3v) is 3.19. The molecule has 0 spiro atoms. The second-order valence-corrected chi connectivity index (χ2v) is 4.57. The highest BCUT2D eigenvalue weighted by molar-refractivity contribution is 5.08. The summed E-state index contributed by atoms with van der Waals surface area (Å²) in [4.78, 5) is 0. The van der Waals surface area contributed by atoms with Crippen LogP contribution in [0, 0.1) is 0 Å². The number of hydrogen-bond acceptors (Lipinski definition) is 2. The first-order valence-corrected chi connectivity index (χ1v) is 6.63. The van der Waals surface area contributed by atoms with Gasteiger partial charge in [-0.3, -0.25) is 4.68 Å². The van der Waals surface area contributed by atoms with Gasteiger partial charge in [0, 0.05) is 50.3 Å². The molecule has 2 aromatic heterocycles. The van der Waals surface area contributed by atoms with Crippen LogP contribution in [0.5, 0.6) is 0 Å². The first-order valence-electron chi connectivity index (χ1n) is 6.63. The second kappa shape index (κ2) is 6.40. The van der Waals surface area contributed by atoms with Gasteiger partial charge < -0.3 is 9.88 Å². The van der Waals surface area contributed by atoms with Gasteiger partial charge in [0.2, 0.25) is 0 Å². The van der Waals surface area contributed by atoms with Crippen molar-refractivity contribution in [3.05, 3.63) is 42.0 Å². The molecule has 0 unspecified atom stereocenters. The standard InChI is InChI=1S/C14H22N4/c1-3-8-15-12-14-5-4-10-18(14)11-7-13-6-9-16-17(13)2/h4-6,9-10,15H,3,7-8,11-12H2,1-2H3. The highest BCUT2D eigenvalue weighted by atomic mass is 15.3. The Hall–Kier alpha value is -1.55. The van der Waals surface area contributed by atoms with E-state index >= 15 is 0 Å². The number of aromatic nitrogens is 3. The van der Waals surface area contributed by atoms with Crippen molar-refractivity contribution < 1.29 is 0 Å². The average Bonchev–Trinajstić information content (AvgIpc) is 2.96. The largest absolute Gasteiger partial charge is 0.350 e. The van der Waals surface area contributed by atoms with E-state index < -0.39 is 0 Å². The fourth-order valence-electron chi connectivity index (χ4n) is 2.10. The maximum atomic E-state index is 4.19. The fourth-order valence-corrected chi connectivity index (χ4v) is 2.10. The summed E-state index contributed by atoms with van der Waals surface area (Å²) in [7, 11) is 1.99. The van der Waals surface area contributed by atoms with Crippen LogP contribution in [0.25, 0.3) is 0 Å². The molecule has 2 aromatic rings. The molecule has 0 saturated heterocycles. The zero-order valence-electron chi connectivity index (χ0n) is 11.3. The van der Waals surface area contributed by atoms with Gasteiger partial charge in [-0.05, 0) is 31.2 Å². The molecule has 0 saturated carbocycles. The summed E-state index contributed by atoms with van der Waals surface area (Å²) in [6, 6.07) is 6.39. The van der Waals surface area contributed by atoms with Crippen molar-refractivity contribution in [3.8, 4) is 0 Å². The molecule has 0 radical (unpaired) electrons. The molecule has 0 aliphatic heterocycles. The van der Waals surface area contributed by atoms with Gasteiger partial charge in [-0.1, -0.05) is 6.92 Å². The van der Waals surface area contributed by atoms with Crippen LogP contribution >= 0.6 is 0 Å². The highest BCUT2D eigenvalue weighted by Crippen LogP contribution is 2.06. The van der Waals surface area contributed by atoms with Crippen molar-refractivity contribution in [1.29, 1.82) is 0 Å². The van der Waals surface area contributed by atoms with Crippen LogP contribution in [0.3, 0.4) is 0 Å². The third kappa shape index (κ3) is 3.23. The Kier molecular flexibility index (Phi) is 4.59. The Bertz CT molecular complexity index is 470. The van der Waals surface area contributed by atoms with Crippen LogP contribution in [0.4, 0.5) is 0 Å². The Morgan fingerprint density at radius 1 is 1.28 bits per heavy atom. The molecule has 0 atom stereocenters. The molecule has 4 nitrogen and oxygen atoms in total. The van der Waals surface area contributed by atoms with E-state index in [9.17, 15) is 0 Å². The molecule has 4 heteroatoms. The van der Waals surface area contributed by atoms with Crippen LogP contribution < -0.4 is 5.32 Å². The predicted molar refractivity (Wildman–Crippen MR) is 73.3 cm³/mol. The van der Waals surface area contributed by atoms with Gasteiger partial charge in [0.05, 0.1) is 0 Å². The van der Waals surface area contributed by atoms with Crippen LogP contribution in [-0.4, -0.2) is 20.9 Å². The van der Waals surface area contributed by atoms with Crippen molar-refractivity contribution in [2.45, 2.75) is 32.9 Å². The molecular formula is C14H22N4. The molecular weight excluding hydrogens is 224 g/mol. The summed E-state index contributed by atoms with van der Waals surface area (Å²) < 4.78 is 4.26. The van der Waals surface area contributed by atoms with Gasteiger partial charge >= 0.3 is 0 Å². The lowest BCUT2D eigenvalue weighted by Gasteiger charge is -2.10. The summed E-state index contributed by atoms with van der Waals surface area (Å²) in [5, 5.41) is 7.64. The lowest BCUT2D eigenvalue weighted by Crippen LogP contribution is -2.17. The van der Waals surface area contributed by atoms with E-state index in [2.05, 4.69) is 46.3 Å². The minimum absolute atomic E-state index is 0.951. The molecule has 0 aromatic carbocycles. The maximum absolute atomic E-state index is 4.19. The third-order valence-electron chi connectivity index (χ3n) is 3.19. The lowest BCUT2D eigenvalue weighted by molar-refractivity contribution is 0.589. The van der Waals surface area contributed by atoms with Gasteiger partial charge in [0.15, 0.2) is 0 Å². The summed E-state index contributed by atoms with van der Waals surface area (Å²) in [5.74, 6) is 0. The number of nitrogens with zero attached hydrogens (tertiary/aromatic N) is 3. The lowest BCUT2D eigenvalue weighted by atomic mass is 10.3. The van der Waals surface area contributed by atoms with E-state index in [0.717, 1.165) is 26.1 Å². The van der Waals surface area contributed by atoms with Crippen LogP contribution in [-0.2, 0) is 26.6 Å². The number of nitrogens with one attached hydrogen (secondary N) is 1. The van der Waals surface area contributed by atoms with E-state index in [1.165, 1.54) is 17.8 Å². The fraction of sp³-hybridized carbons (Fsp3) is 0.500. The topological polar surface area (TPSA) is 34.8 Å². The number of hydrogen-bond donors (Lipinski definition) is 1. The van der Waals surface area contributed by atoms with Gasteiger partial charge in [0.1, 0.15) is 0 Å². The first-order chi connectivity index (χ1) is 8.81. The molecule has 0 bridgehead atoms. The molecule has 2 heterocycles. The monoisotopic (exact) mass is 246 g/mol. The second-order valence-electron chi connectivity index (χ2n) is 4.57. The number of rotatable bonds is 7. The van der Waals surface area contributed by atoms with Crippen molar-refractivity contribution >= 4 is 0 Å².